The van der Waals surface area contributed by atoms with Gasteiger partial charge in [0.05, 0.1) is 0 Å². The standard InChI is InChI=1S/C21H26N2O/c24-21(23-20-14-12-17-16-18(17)13-15-20)22-19-10-8-6-4-2-1-3-5-7-9-11-19/h1-11,17-18,20H,12-16H2,(H2,22,23,24)/b2-1-,3-1?,4-2?,5-3-,6-4-,7-5?,8-6?,9-7-,10-8-,11-9?,19-10?,19-11+. The lowest BCUT2D eigenvalue weighted by Gasteiger charge is -2.17. The van der Waals surface area contributed by atoms with Crippen molar-refractivity contribution in [2.75, 3.05) is 0 Å². The van der Waals surface area contributed by atoms with Gasteiger partial charge in [0.1, 0.15) is 0 Å². The third-order valence-electron chi connectivity index (χ3n) is 4.87. The van der Waals surface area contributed by atoms with Crippen LogP contribution < -0.4 is 10.6 Å². The minimum absolute atomic E-state index is 0.105. The van der Waals surface area contributed by atoms with Gasteiger partial charge in [0, 0.05) is 11.7 Å². The maximum Gasteiger partial charge on any atom is 0.319 e. The van der Waals surface area contributed by atoms with Crippen LogP contribution in [0.3, 0.4) is 0 Å². The molecule has 2 saturated carbocycles. The normalized spacial score (nSPS) is 37.7. The van der Waals surface area contributed by atoms with Crippen molar-refractivity contribution in [2.24, 2.45) is 11.8 Å². The molecule has 2 amide bonds. The van der Waals surface area contributed by atoms with Crippen LogP contribution in [0.5, 0.6) is 0 Å². The van der Waals surface area contributed by atoms with Crippen LogP contribution in [0.15, 0.2) is 72.5 Å². The smallest absolute Gasteiger partial charge is 0.319 e. The monoisotopic (exact) mass is 322 g/mol. The van der Waals surface area contributed by atoms with Crippen LogP contribution in [0.25, 0.3) is 0 Å². The van der Waals surface area contributed by atoms with Crippen molar-refractivity contribution in [2.45, 2.75) is 38.1 Å². The minimum atomic E-state index is -0.105. The lowest BCUT2D eigenvalue weighted by molar-refractivity contribution is 0.238. The molecule has 0 aromatic carbocycles. The predicted molar refractivity (Wildman–Crippen MR) is 99.3 cm³/mol. The Bertz CT molecular complexity index is 610. The highest BCUT2D eigenvalue weighted by Gasteiger charge is 2.39. The number of urea groups is 1. The third kappa shape index (κ3) is 5.41. The molecule has 2 fully saturated rings. The highest BCUT2D eigenvalue weighted by atomic mass is 16.2. The lowest BCUT2D eigenvalue weighted by atomic mass is 10.1. The van der Waals surface area contributed by atoms with Crippen molar-refractivity contribution in [1.29, 1.82) is 0 Å². The third-order valence-corrected chi connectivity index (χ3v) is 4.87. The van der Waals surface area contributed by atoms with Gasteiger partial charge in [-0.25, -0.2) is 4.79 Å². The van der Waals surface area contributed by atoms with E-state index in [-0.39, 0.29) is 6.03 Å². The quantitative estimate of drug-likeness (QED) is 0.770. The van der Waals surface area contributed by atoms with Crippen molar-refractivity contribution in [3.63, 3.8) is 0 Å². The Kier molecular flexibility index (Phi) is 5.89. The number of amides is 2. The maximum absolute atomic E-state index is 12.3. The van der Waals surface area contributed by atoms with E-state index < -0.39 is 0 Å². The van der Waals surface area contributed by atoms with Crippen LogP contribution in [0.4, 0.5) is 4.79 Å². The molecule has 126 valence electrons. The molecule has 2 N–H and O–H groups in total. The Morgan fingerprint density at radius 1 is 0.792 bits per heavy atom. The molecule has 0 radical (unpaired) electrons. The summed E-state index contributed by atoms with van der Waals surface area (Å²) in [5, 5.41) is 6.10. The molecule has 2 unspecified atom stereocenters. The first-order valence-corrected chi connectivity index (χ1v) is 8.94. The minimum Gasteiger partial charge on any atom is -0.335 e. The van der Waals surface area contributed by atoms with Crippen LogP contribution in [0.1, 0.15) is 32.1 Å². The maximum atomic E-state index is 12.3. The van der Waals surface area contributed by atoms with E-state index >= 15 is 0 Å². The molecule has 0 aliphatic heterocycles. The largest absolute Gasteiger partial charge is 0.335 e. The van der Waals surface area contributed by atoms with E-state index in [2.05, 4.69) is 10.6 Å². The second-order valence-electron chi connectivity index (χ2n) is 6.73. The predicted octanol–water partition coefficient (Wildman–Crippen LogP) is 4.54. The van der Waals surface area contributed by atoms with E-state index in [0.29, 0.717) is 6.04 Å². The fourth-order valence-corrected chi connectivity index (χ4v) is 3.40. The van der Waals surface area contributed by atoms with Crippen molar-refractivity contribution in [3.8, 4) is 0 Å². The van der Waals surface area contributed by atoms with Gasteiger partial charge in [-0.05, 0) is 56.1 Å². The summed E-state index contributed by atoms with van der Waals surface area (Å²) in [7, 11) is 0. The van der Waals surface area contributed by atoms with Gasteiger partial charge < -0.3 is 10.6 Å². The Morgan fingerprint density at radius 3 is 2.04 bits per heavy atom. The van der Waals surface area contributed by atoms with E-state index in [1.807, 2.05) is 66.8 Å². The lowest BCUT2D eigenvalue weighted by Crippen LogP contribution is -2.41. The number of carbonyl (C=O) groups is 1. The van der Waals surface area contributed by atoms with Crippen molar-refractivity contribution in [3.05, 3.63) is 72.5 Å². The molecule has 24 heavy (non-hydrogen) atoms. The van der Waals surface area contributed by atoms with Gasteiger partial charge >= 0.3 is 6.03 Å². The van der Waals surface area contributed by atoms with Crippen molar-refractivity contribution >= 4 is 6.03 Å². The van der Waals surface area contributed by atoms with Crippen LogP contribution >= 0.6 is 0 Å². The molecule has 0 bridgehead atoms. The number of hydrogen-bond donors (Lipinski definition) is 2. The van der Waals surface area contributed by atoms with Crippen LogP contribution in [-0.2, 0) is 0 Å². The van der Waals surface area contributed by atoms with Crippen molar-refractivity contribution < 1.29 is 4.79 Å². The molecule has 3 nitrogen and oxygen atoms in total. The van der Waals surface area contributed by atoms with Gasteiger partial charge in [-0.1, -0.05) is 54.7 Å². The van der Waals surface area contributed by atoms with E-state index in [9.17, 15) is 4.79 Å². The van der Waals surface area contributed by atoms with Crippen molar-refractivity contribution in [1.82, 2.24) is 10.6 Å². The molecule has 0 aromatic rings. The second kappa shape index (κ2) is 8.53. The van der Waals surface area contributed by atoms with Gasteiger partial charge in [-0.15, -0.1) is 0 Å². The zero-order chi connectivity index (χ0) is 16.6. The van der Waals surface area contributed by atoms with E-state index in [1.54, 1.807) is 0 Å². The fraction of sp³-hybridized carbons (Fsp3) is 0.381. The molecule has 0 spiro atoms. The molecule has 3 heteroatoms. The average molecular weight is 322 g/mol. The molecule has 0 aromatic heterocycles. The summed E-state index contributed by atoms with van der Waals surface area (Å²) in [5.41, 5.74) is 0.780. The summed E-state index contributed by atoms with van der Waals surface area (Å²) in [6.07, 6.45) is 27.6. The first-order valence-electron chi connectivity index (χ1n) is 8.94. The van der Waals surface area contributed by atoms with Crippen LogP contribution in [0.2, 0.25) is 0 Å². The van der Waals surface area contributed by atoms with E-state index in [0.717, 1.165) is 30.4 Å². The van der Waals surface area contributed by atoms with E-state index in [4.69, 9.17) is 0 Å². The summed E-state index contributed by atoms with van der Waals surface area (Å²) in [5.74, 6) is 1.88. The zero-order valence-electron chi connectivity index (χ0n) is 14.0. The topological polar surface area (TPSA) is 41.1 Å². The molecule has 3 aliphatic rings. The van der Waals surface area contributed by atoms with Crippen LogP contribution in [0, 0.1) is 11.8 Å². The fourth-order valence-electron chi connectivity index (χ4n) is 3.40. The first kappa shape index (κ1) is 16.6. The summed E-state index contributed by atoms with van der Waals surface area (Å²) in [6.45, 7) is 0. The van der Waals surface area contributed by atoms with Gasteiger partial charge in [0.2, 0.25) is 0 Å². The SMILES string of the molecule is O=C(NC1=C/C=C\C=C/C=C\C=C/C=C\1)NC1CCC2CC2CC1. The van der Waals surface area contributed by atoms with Gasteiger partial charge in [0.15, 0.2) is 0 Å². The van der Waals surface area contributed by atoms with Gasteiger partial charge in [0.25, 0.3) is 0 Å². The second-order valence-corrected chi connectivity index (χ2v) is 6.73. The Morgan fingerprint density at radius 2 is 1.38 bits per heavy atom. The Labute approximate surface area is 144 Å². The Balaban J connectivity index is 1.54. The number of rotatable bonds is 2. The van der Waals surface area contributed by atoms with Gasteiger partial charge in [-0.3, -0.25) is 0 Å². The molecular formula is C21H26N2O. The summed E-state index contributed by atoms with van der Waals surface area (Å²) in [4.78, 5) is 12.3. The number of nitrogens with one attached hydrogen (secondary N) is 2. The molecule has 0 saturated heterocycles. The molecular weight excluding hydrogens is 296 g/mol. The zero-order valence-corrected chi connectivity index (χ0v) is 14.0. The summed E-state index contributed by atoms with van der Waals surface area (Å²) < 4.78 is 0. The first-order chi connectivity index (χ1) is 11.8. The highest BCUT2D eigenvalue weighted by Crippen LogP contribution is 2.47. The summed E-state index contributed by atoms with van der Waals surface area (Å²) >= 11 is 0. The Hall–Kier alpha value is -2.29. The molecule has 3 aliphatic carbocycles. The molecule has 3 rings (SSSR count). The number of fused-ring (bicyclic) bond motifs is 1. The number of hydrogen-bond acceptors (Lipinski definition) is 1. The average Bonchev–Trinajstić information content (AvgIpc) is 3.32. The van der Waals surface area contributed by atoms with Crippen LogP contribution in [-0.4, -0.2) is 12.1 Å². The molecule has 2 atom stereocenters. The molecule has 0 heterocycles. The number of allylic oxidation sites excluding steroid dienone is 11. The van der Waals surface area contributed by atoms with Gasteiger partial charge in [-0.2, -0.15) is 0 Å². The number of carbonyl (C=O) groups excluding carboxylic acids is 1. The highest BCUT2D eigenvalue weighted by molar-refractivity contribution is 5.76. The van der Waals surface area contributed by atoms with E-state index in [1.165, 1.54) is 19.3 Å². The summed E-state index contributed by atoms with van der Waals surface area (Å²) in [6, 6.07) is 0.212.